The molecule has 0 aromatic heterocycles. The van der Waals surface area contributed by atoms with Gasteiger partial charge >= 0.3 is 0 Å². The van der Waals surface area contributed by atoms with Crippen molar-refractivity contribution in [3.63, 3.8) is 0 Å². The number of carbonyl (C=O) groups excluding carboxylic acids is 1. The first kappa shape index (κ1) is 18.3. The van der Waals surface area contributed by atoms with E-state index in [0.717, 1.165) is 29.3 Å². The highest BCUT2D eigenvalue weighted by molar-refractivity contribution is 8.01. The first-order valence-electron chi connectivity index (χ1n) is 8.84. The van der Waals surface area contributed by atoms with Gasteiger partial charge in [-0.1, -0.05) is 57.2 Å². The molecule has 2 aromatic rings. The lowest BCUT2D eigenvalue weighted by Crippen LogP contribution is -2.38. The third-order valence-corrected chi connectivity index (χ3v) is 5.92. The number of amides is 1. The van der Waals surface area contributed by atoms with Crippen molar-refractivity contribution >= 4 is 28.4 Å². The standard InChI is InChI=1S/C21H27NO2S/c1-21(2,3)25-17-12-16(14-24-4)22(13-17)20(23)19-11-7-9-15-8-5-6-10-18(15)19/h5-11,16-17H,12-14H2,1-4H3/t16-,17-/m0/s1. The summed E-state index contributed by atoms with van der Waals surface area (Å²) in [4.78, 5) is 15.3. The molecule has 0 saturated carbocycles. The molecule has 25 heavy (non-hydrogen) atoms. The summed E-state index contributed by atoms with van der Waals surface area (Å²) < 4.78 is 5.60. The molecule has 0 radical (unpaired) electrons. The van der Waals surface area contributed by atoms with Crippen molar-refractivity contribution in [1.82, 2.24) is 4.90 Å². The zero-order valence-corrected chi connectivity index (χ0v) is 16.3. The van der Waals surface area contributed by atoms with E-state index < -0.39 is 0 Å². The molecule has 0 unspecified atom stereocenters. The highest BCUT2D eigenvalue weighted by atomic mass is 32.2. The maximum Gasteiger partial charge on any atom is 0.254 e. The van der Waals surface area contributed by atoms with E-state index in [1.54, 1.807) is 7.11 Å². The molecular formula is C21H27NO2S. The van der Waals surface area contributed by atoms with E-state index >= 15 is 0 Å². The Hall–Kier alpha value is -1.52. The topological polar surface area (TPSA) is 29.5 Å². The fourth-order valence-corrected chi connectivity index (χ4v) is 5.18. The minimum Gasteiger partial charge on any atom is -0.383 e. The molecule has 1 amide bonds. The molecule has 1 aliphatic rings. The summed E-state index contributed by atoms with van der Waals surface area (Å²) in [6.07, 6.45) is 0.992. The number of fused-ring (bicyclic) bond motifs is 1. The van der Waals surface area contributed by atoms with Gasteiger partial charge in [-0.05, 0) is 23.3 Å². The highest BCUT2D eigenvalue weighted by Crippen LogP contribution is 2.36. The van der Waals surface area contributed by atoms with E-state index in [4.69, 9.17) is 4.74 Å². The number of carbonyl (C=O) groups is 1. The van der Waals surface area contributed by atoms with E-state index in [-0.39, 0.29) is 16.7 Å². The second-order valence-electron chi connectivity index (χ2n) is 7.68. The summed E-state index contributed by atoms with van der Waals surface area (Å²) in [6.45, 7) is 8.09. The molecule has 0 spiro atoms. The van der Waals surface area contributed by atoms with Gasteiger partial charge in [-0.2, -0.15) is 11.8 Å². The van der Waals surface area contributed by atoms with E-state index in [1.165, 1.54) is 0 Å². The lowest BCUT2D eigenvalue weighted by molar-refractivity contribution is 0.0632. The molecule has 3 rings (SSSR count). The summed E-state index contributed by atoms with van der Waals surface area (Å²) in [6, 6.07) is 14.2. The second-order valence-corrected chi connectivity index (χ2v) is 9.81. The monoisotopic (exact) mass is 357 g/mol. The molecule has 0 N–H and O–H groups in total. The molecule has 4 heteroatoms. The third kappa shape index (κ3) is 4.18. The van der Waals surface area contributed by atoms with Crippen LogP contribution in [0, 0.1) is 0 Å². The number of nitrogens with zero attached hydrogens (tertiary/aromatic N) is 1. The van der Waals surface area contributed by atoms with E-state index in [1.807, 2.05) is 47.0 Å². The predicted molar refractivity (Wildman–Crippen MR) is 106 cm³/mol. The highest BCUT2D eigenvalue weighted by Gasteiger charge is 2.37. The van der Waals surface area contributed by atoms with Crippen molar-refractivity contribution in [2.75, 3.05) is 20.3 Å². The van der Waals surface area contributed by atoms with Crippen LogP contribution in [0.4, 0.5) is 0 Å². The molecule has 1 saturated heterocycles. The van der Waals surface area contributed by atoms with Crippen molar-refractivity contribution in [3.8, 4) is 0 Å². The normalized spacial score (nSPS) is 21.0. The van der Waals surface area contributed by atoms with Crippen molar-refractivity contribution in [2.45, 2.75) is 43.2 Å². The van der Waals surface area contributed by atoms with Crippen LogP contribution in [-0.4, -0.2) is 47.1 Å². The average Bonchev–Trinajstić information content (AvgIpc) is 2.94. The summed E-state index contributed by atoms with van der Waals surface area (Å²) in [5.74, 6) is 0.121. The average molecular weight is 358 g/mol. The number of likely N-dealkylation sites (tertiary alicyclic amines) is 1. The van der Waals surface area contributed by atoms with Crippen LogP contribution in [0.5, 0.6) is 0 Å². The van der Waals surface area contributed by atoms with Crippen molar-refractivity contribution < 1.29 is 9.53 Å². The van der Waals surface area contributed by atoms with Gasteiger partial charge in [0.05, 0.1) is 12.6 Å². The second kappa shape index (κ2) is 7.38. The van der Waals surface area contributed by atoms with Crippen LogP contribution in [0.2, 0.25) is 0 Å². The Morgan fingerprint density at radius 1 is 1.20 bits per heavy atom. The minimum absolute atomic E-state index is 0.121. The largest absolute Gasteiger partial charge is 0.383 e. The Bertz CT molecular complexity index is 748. The van der Waals surface area contributed by atoms with Gasteiger partial charge < -0.3 is 9.64 Å². The van der Waals surface area contributed by atoms with Crippen LogP contribution in [0.25, 0.3) is 10.8 Å². The van der Waals surface area contributed by atoms with Gasteiger partial charge in [-0.3, -0.25) is 4.79 Å². The molecule has 1 aliphatic heterocycles. The summed E-state index contributed by atoms with van der Waals surface area (Å²) >= 11 is 1.96. The summed E-state index contributed by atoms with van der Waals surface area (Å²) in [5, 5.41) is 2.59. The van der Waals surface area contributed by atoms with Gasteiger partial charge in [0.15, 0.2) is 0 Å². The molecular weight excluding hydrogens is 330 g/mol. The Morgan fingerprint density at radius 3 is 2.64 bits per heavy atom. The number of hydrogen-bond donors (Lipinski definition) is 0. The molecule has 2 atom stereocenters. The van der Waals surface area contributed by atoms with Crippen LogP contribution in [0.1, 0.15) is 37.6 Å². The van der Waals surface area contributed by atoms with Crippen LogP contribution in [0.3, 0.4) is 0 Å². The number of thioether (sulfide) groups is 1. The fraction of sp³-hybridized carbons (Fsp3) is 0.476. The smallest absolute Gasteiger partial charge is 0.254 e. The Labute approximate surface area is 154 Å². The van der Waals surface area contributed by atoms with Gasteiger partial charge in [0.1, 0.15) is 0 Å². The third-order valence-electron chi connectivity index (χ3n) is 4.54. The molecule has 3 nitrogen and oxygen atoms in total. The van der Waals surface area contributed by atoms with E-state index in [0.29, 0.717) is 11.9 Å². The number of rotatable bonds is 4. The Balaban J connectivity index is 1.88. The van der Waals surface area contributed by atoms with Crippen LogP contribution < -0.4 is 0 Å². The maximum absolute atomic E-state index is 13.3. The molecule has 1 heterocycles. The first-order chi connectivity index (χ1) is 11.9. The number of hydrogen-bond acceptors (Lipinski definition) is 3. The minimum atomic E-state index is 0.121. The van der Waals surface area contributed by atoms with Gasteiger partial charge in [0.2, 0.25) is 0 Å². The Kier molecular flexibility index (Phi) is 5.40. The van der Waals surface area contributed by atoms with Gasteiger partial charge in [-0.25, -0.2) is 0 Å². The van der Waals surface area contributed by atoms with Crippen molar-refractivity contribution in [3.05, 3.63) is 48.0 Å². The lowest BCUT2D eigenvalue weighted by Gasteiger charge is -2.25. The van der Waals surface area contributed by atoms with Crippen LogP contribution in [0.15, 0.2) is 42.5 Å². The molecule has 0 aliphatic carbocycles. The number of benzene rings is 2. The quantitative estimate of drug-likeness (QED) is 0.801. The first-order valence-corrected chi connectivity index (χ1v) is 9.72. The van der Waals surface area contributed by atoms with Crippen LogP contribution >= 0.6 is 11.8 Å². The fourth-order valence-electron chi connectivity index (χ4n) is 3.62. The van der Waals surface area contributed by atoms with Gasteiger partial charge in [0.25, 0.3) is 5.91 Å². The Morgan fingerprint density at radius 2 is 1.92 bits per heavy atom. The van der Waals surface area contributed by atoms with E-state index in [9.17, 15) is 4.79 Å². The van der Waals surface area contributed by atoms with Crippen molar-refractivity contribution in [1.29, 1.82) is 0 Å². The lowest BCUT2D eigenvalue weighted by atomic mass is 10.0. The zero-order chi connectivity index (χ0) is 18.0. The molecule has 1 fully saturated rings. The molecule has 2 aromatic carbocycles. The molecule has 0 bridgehead atoms. The number of ether oxygens (including phenoxy) is 1. The summed E-state index contributed by atoms with van der Waals surface area (Å²) in [7, 11) is 1.71. The van der Waals surface area contributed by atoms with Crippen molar-refractivity contribution in [2.24, 2.45) is 0 Å². The van der Waals surface area contributed by atoms with E-state index in [2.05, 4.69) is 32.9 Å². The maximum atomic E-state index is 13.3. The summed E-state index contributed by atoms with van der Waals surface area (Å²) in [5.41, 5.74) is 0.792. The van der Waals surface area contributed by atoms with Gasteiger partial charge in [-0.15, -0.1) is 0 Å². The predicted octanol–water partition coefficient (Wildman–Crippen LogP) is 4.60. The van der Waals surface area contributed by atoms with Gasteiger partial charge in [0, 0.05) is 29.2 Å². The van der Waals surface area contributed by atoms with Crippen LogP contribution in [-0.2, 0) is 4.74 Å². The SMILES string of the molecule is COC[C@@H]1C[C@H](SC(C)(C)C)CN1C(=O)c1cccc2ccccc12. The molecule has 134 valence electrons. The zero-order valence-electron chi connectivity index (χ0n) is 15.5. The number of methoxy groups -OCH3 is 1.